The molecule has 1 heterocycles. The summed E-state index contributed by atoms with van der Waals surface area (Å²) in [5.74, 6) is 0.788. The maximum atomic E-state index is 12.0. The van der Waals surface area contributed by atoms with Gasteiger partial charge in [0.1, 0.15) is 0 Å². The van der Waals surface area contributed by atoms with Crippen molar-refractivity contribution in [3.8, 4) is 5.69 Å². The molecule has 1 aliphatic carbocycles. The van der Waals surface area contributed by atoms with Crippen LogP contribution in [0.15, 0.2) is 42.7 Å². The van der Waals surface area contributed by atoms with Crippen LogP contribution in [-0.4, -0.2) is 40.2 Å². The summed E-state index contributed by atoms with van der Waals surface area (Å²) in [7, 11) is 1.96. The van der Waals surface area contributed by atoms with Gasteiger partial charge in [0.2, 0.25) is 5.91 Å². The average Bonchev–Trinajstić information content (AvgIpc) is 3.28. The summed E-state index contributed by atoms with van der Waals surface area (Å²) < 4.78 is 1.86. The van der Waals surface area contributed by atoms with Crippen molar-refractivity contribution in [1.29, 1.82) is 0 Å². The van der Waals surface area contributed by atoms with E-state index in [1.807, 2.05) is 59.4 Å². The van der Waals surface area contributed by atoms with Crippen molar-refractivity contribution in [2.45, 2.75) is 32.4 Å². The van der Waals surface area contributed by atoms with Crippen LogP contribution in [-0.2, 0) is 11.3 Å². The van der Waals surface area contributed by atoms with Gasteiger partial charge in [-0.2, -0.15) is 5.10 Å². The first-order valence-electron chi connectivity index (χ1n) is 8.18. The van der Waals surface area contributed by atoms with Gasteiger partial charge in [0.15, 0.2) is 0 Å². The Morgan fingerprint density at radius 2 is 2.13 bits per heavy atom. The Kier molecular flexibility index (Phi) is 4.76. The first-order valence-corrected chi connectivity index (χ1v) is 8.18. The van der Waals surface area contributed by atoms with E-state index in [-0.39, 0.29) is 5.91 Å². The summed E-state index contributed by atoms with van der Waals surface area (Å²) in [5.41, 5.74) is 2.14. The number of benzene rings is 1. The Hall–Kier alpha value is -2.14. The zero-order valence-corrected chi connectivity index (χ0v) is 13.8. The summed E-state index contributed by atoms with van der Waals surface area (Å²) in [6, 6.07) is 10.3. The van der Waals surface area contributed by atoms with Crippen LogP contribution in [0.4, 0.5) is 0 Å². The molecule has 0 radical (unpaired) electrons. The van der Waals surface area contributed by atoms with E-state index in [1.165, 1.54) is 12.8 Å². The van der Waals surface area contributed by atoms with Crippen LogP contribution >= 0.6 is 0 Å². The summed E-state index contributed by atoms with van der Waals surface area (Å²) in [6.45, 7) is 3.21. The zero-order valence-electron chi connectivity index (χ0n) is 13.8. The Bertz CT molecular complexity index is 648. The van der Waals surface area contributed by atoms with E-state index in [4.69, 9.17) is 0 Å². The minimum Gasteiger partial charge on any atom is -0.352 e. The fourth-order valence-corrected chi connectivity index (χ4v) is 2.79. The van der Waals surface area contributed by atoms with E-state index in [9.17, 15) is 4.79 Å². The molecule has 1 N–H and O–H groups in total. The number of nitrogens with one attached hydrogen (secondary N) is 1. The number of nitrogens with zero attached hydrogens (tertiary/aromatic N) is 3. The standard InChI is InChI=1S/C18H24N4O/c1-14(16-8-9-16)20-18(23)13-21(2)11-15-10-19-22(12-15)17-6-4-3-5-7-17/h3-7,10,12,14,16H,8-9,11,13H2,1-2H3,(H,20,23). The number of carbonyl (C=O) groups is 1. The monoisotopic (exact) mass is 312 g/mol. The van der Waals surface area contributed by atoms with Crippen LogP contribution in [0, 0.1) is 5.92 Å². The predicted octanol–water partition coefficient (Wildman–Crippen LogP) is 2.22. The molecule has 1 atom stereocenters. The second-order valence-corrected chi connectivity index (χ2v) is 6.49. The molecule has 1 amide bonds. The Balaban J connectivity index is 1.50. The van der Waals surface area contributed by atoms with Crippen LogP contribution in [0.25, 0.3) is 5.69 Å². The molecule has 5 heteroatoms. The fourth-order valence-electron chi connectivity index (χ4n) is 2.79. The number of rotatable bonds is 7. The largest absolute Gasteiger partial charge is 0.352 e. The highest BCUT2D eigenvalue weighted by molar-refractivity contribution is 5.78. The molecule has 0 saturated heterocycles. The quantitative estimate of drug-likeness (QED) is 0.853. The van der Waals surface area contributed by atoms with Gasteiger partial charge in [0, 0.05) is 24.3 Å². The first kappa shape index (κ1) is 15.7. The molecule has 1 aliphatic rings. The second-order valence-electron chi connectivity index (χ2n) is 6.49. The number of amides is 1. The molecule has 122 valence electrons. The topological polar surface area (TPSA) is 50.2 Å². The Labute approximate surface area is 137 Å². The molecule has 23 heavy (non-hydrogen) atoms. The SMILES string of the molecule is CC(NC(=O)CN(C)Cc1cnn(-c2ccccc2)c1)C1CC1. The minimum absolute atomic E-state index is 0.0994. The van der Waals surface area contributed by atoms with Crippen molar-refractivity contribution in [1.82, 2.24) is 20.0 Å². The van der Waals surface area contributed by atoms with Crippen molar-refractivity contribution in [2.24, 2.45) is 5.92 Å². The van der Waals surface area contributed by atoms with E-state index in [1.54, 1.807) is 0 Å². The molecule has 1 unspecified atom stereocenters. The van der Waals surface area contributed by atoms with Crippen molar-refractivity contribution in [3.63, 3.8) is 0 Å². The van der Waals surface area contributed by atoms with Gasteiger partial charge in [-0.25, -0.2) is 4.68 Å². The van der Waals surface area contributed by atoms with E-state index >= 15 is 0 Å². The summed E-state index contributed by atoms with van der Waals surface area (Å²) in [5, 5.41) is 7.48. The number of para-hydroxylation sites is 1. The summed E-state index contributed by atoms with van der Waals surface area (Å²) in [6.07, 6.45) is 6.36. The molecular weight excluding hydrogens is 288 g/mol. The highest BCUT2D eigenvalue weighted by atomic mass is 16.2. The lowest BCUT2D eigenvalue weighted by Crippen LogP contribution is -2.40. The van der Waals surface area contributed by atoms with Crippen LogP contribution in [0.2, 0.25) is 0 Å². The van der Waals surface area contributed by atoms with E-state index in [2.05, 4.69) is 17.3 Å². The number of carbonyl (C=O) groups excluding carboxylic acids is 1. The van der Waals surface area contributed by atoms with Crippen molar-refractivity contribution >= 4 is 5.91 Å². The highest BCUT2D eigenvalue weighted by Crippen LogP contribution is 2.32. The van der Waals surface area contributed by atoms with Crippen molar-refractivity contribution in [2.75, 3.05) is 13.6 Å². The third kappa shape index (κ3) is 4.42. The molecule has 0 spiro atoms. The van der Waals surface area contributed by atoms with Crippen LogP contribution in [0.5, 0.6) is 0 Å². The van der Waals surface area contributed by atoms with Crippen molar-refractivity contribution < 1.29 is 4.79 Å². The summed E-state index contributed by atoms with van der Waals surface area (Å²) in [4.78, 5) is 14.1. The minimum atomic E-state index is 0.0994. The maximum absolute atomic E-state index is 12.0. The third-order valence-corrected chi connectivity index (χ3v) is 4.24. The molecular formula is C18H24N4O. The van der Waals surface area contributed by atoms with Crippen molar-refractivity contribution in [3.05, 3.63) is 48.3 Å². The third-order valence-electron chi connectivity index (χ3n) is 4.24. The summed E-state index contributed by atoms with van der Waals surface area (Å²) >= 11 is 0. The average molecular weight is 312 g/mol. The smallest absolute Gasteiger partial charge is 0.234 e. The molecule has 2 aromatic rings. The van der Waals surface area contributed by atoms with E-state index in [0.717, 1.165) is 11.3 Å². The Morgan fingerprint density at radius 3 is 2.83 bits per heavy atom. The zero-order chi connectivity index (χ0) is 16.2. The Morgan fingerprint density at radius 1 is 1.39 bits per heavy atom. The molecule has 0 bridgehead atoms. The van der Waals surface area contributed by atoms with Gasteiger partial charge in [-0.15, -0.1) is 0 Å². The molecule has 3 rings (SSSR count). The van der Waals surface area contributed by atoms with E-state index in [0.29, 0.717) is 25.0 Å². The molecule has 1 aromatic heterocycles. The molecule has 1 saturated carbocycles. The van der Waals surface area contributed by atoms with Gasteiger partial charge in [-0.05, 0) is 44.9 Å². The number of hydrogen-bond donors (Lipinski definition) is 1. The maximum Gasteiger partial charge on any atom is 0.234 e. The van der Waals surface area contributed by atoms with E-state index < -0.39 is 0 Å². The molecule has 0 aliphatic heterocycles. The lowest BCUT2D eigenvalue weighted by atomic mass is 10.2. The lowest BCUT2D eigenvalue weighted by molar-refractivity contribution is -0.122. The second kappa shape index (κ2) is 6.96. The normalized spacial score (nSPS) is 15.6. The number of aromatic nitrogens is 2. The van der Waals surface area contributed by atoms with Gasteiger partial charge >= 0.3 is 0 Å². The van der Waals surface area contributed by atoms with Gasteiger partial charge in [0.05, 0.1) is 18.4 Å². The van der Waals surface area contributed by atoms with Crippen LogP contribution in [0.3, 0.4) is 0 Å². The predicted molar refractivity (Wildman–Crippen MR) is 90.2 cm³/mol. The number of likely N-dealkylation sites (N-methyl/N-ethyl adjacent to an activating group) is 1. The first-order chi connectivity index (χ1) is 11.1. The highest BCUT2D eigenvalue weighted by Gasteiger charge is 2.28. The van der Waals surface area contributed by atoms with Gasteiger partial charge in [-0.1, -0.05) is 18.2 Å². The molecule has 1 fully saturated rings. The van der Waals surface area contributed by atoms with Crippen LogP contribution < -0.4 is 5.32 Å². The van der Waals surface area contributed by atoms with Gasteiger partial charge in [-0.3, -0.25) is 9.69 Å². The van der Waals surface area contributed by atoms with Gasteiger partial charge < -0.3 is 5.32 Å². The fraction of sp³-hybridized carbons (Fsp3) is 0.444. The number of hydrogen-bond acceptors (Lipinski definition) is 3. The molecule has 1 aromatic carbocycles. The van der Waals surface area contributed by atoms with Crippen LogP contribution in [0.1, 0.15) is 25.3 Å². The lowest BCUT2D eigenvalue weighted by Gasteiger charge is -2.18. The molecule has 5 nitrogen and oxygen atoms in total. The van der Waals surface area contributed by atoms with Gasteiger partial charge in [0.25, 0.3) is 0 Å².